The molecule has 4 aliphatic rings. The van der Waals surface area contributed by atoms with Gasteiger partial charge in [-0.2, -0.15) is 0 Å². The van der Waals surface area contributed by atoms with Crippen LogP contribution in [0.3, 0.4) is 0 Å². The van der Waals surface area contributed by atoms with Crippen LogP contribution < -0.4 is 0 Å². The predicted octanol–water partition coefficient (Wildman–Crippen LogP) is 9.04. The van der Waals surface area contributed by atoms with E-state index < -0.39 is 18.5 Å². The van der Waals surface area contributed by atoms with Crippen molar-refractivity contribution < 1.29 is 28.9 Å². The Hall–Kier alpha value is -2.18. The minimum absolute atomic E-state index is 0.0475. The highest BCUT2D eigenvalue weighted by Gasteiger charge is 2.59. The van der Waals surface area contributed by atoms with Crippen molar-refractivity contribution in [3.05, 3.63) is 48.6 Å². The van der Waals surface area contributed by atoms with Gasteiger partial charge in [0.05, 0.1) is 31.5 Å². The highest BCUT2D eigenvalue weighted by molar-refractivity contribution is 5.87. The van der Waals surface area contributed by atoms with E-state index in [9.17, 15) is 9.59 Å². The van der Waals surface area contributed by atoms with Gasteiger partial charge in [0, 0.05) is 12.7 Å². The fraction of sp³-hybridized carbons (Fsp3) is 0.762. The topological polar surface area (TPSA) is 82.1 Å². The number of hydrogen-bond donors (Lipinski definition) is 1. The van der Waals surface area contributed by atoms with Crippen molar-refractivity contribution in [2.24, 2.45) is 58.2 Å². The lowest BCUT2D eigenvalue weighted by Crippen LogP contribution is -2.51. The average molecular weight is 667 g/mol. The Labute approximate surface area is 291 Å². The third-order valence-corrected chi connectivity index (χ3v) is 13.6. The quantitative estimate of drug-likeness (QED) is 0.0948. The van der Waals surface area contributed by atoms with Crippen molar-refractivity contribution in [1.82, 2.24) is 0 Å². The summed E-state index contributed by atoms with van der Waals surface area (Å²) in [4.78, 5) is 23.5. The van der Waals surface area contributed by atoms with E-state index in [1.165, 1.54) is 44.6 Å². The van der Waals surface area contributed by atoms with Crippen LogP contribution in [0.2, 0.25) is 0 Å². The molecule has 4 aliphatic carbocycles. The first-order valence-corrected chi connectivity index (χ1v) is 19.1. The first-order chi connectivity index (χ1) is 22.8. The molecule has 3 saturated carbocycles. The van der Waals surface area contributed by atoms with Gasteiger partial charge in [-0.15, -0.1) is 0 Å². The number of aliphatic hydroxyl groups is 1. The first kappa shape index (κ1) is 38.6. The van der Waals surface area contributed by atoms with Crippen LogP contribution in [0.5, 0.6) is 0 Å². The van der Waals surface area contributed by atoms with Crippen LogP contribution in [0.15, 0.2) is 48.6 Å². The normalized spacial score (nSPS) is 33.2. The van der Waals surface area contributed by atoms with Crippen molar-refractivity contribution in [2.45, 2.75) is 118 Å². The van der Waals surface area contributed by atoms with Crippen molar-refractivity contribution >= 4 is 11.9 Å². The Morgan fingerprint density at radius 2 is 1.67 bits per heavy atom. The molecule has 0 aromatic rings. The standard InChI is InChI=1S/C42H66O6/c1-9-39(44)47-24-19-32(20-25-48-40(45)31(6)27-43)18-23-46-34-16-21-41(7)33(26-34)12-13-35-37-15-14-36(42(37,8)22-17-38(35)41)30(5)11-10-29(4)28(2)3/h9-12,28-30,32,34-38,43H,1,6,13-27H2,2-5,7-8H3/b11-10+/t29-,30+,32?,34-,35?,36+,37?,38?,41-,42+/m0/s1. The lowest BCUT2D eigenvalue weighted by molar-refractivity contribution is -0.139. The highest BCUT2D eigenvalue weighted by Crippen LogP contribution is 2.67. The molecule has 270 valence electrons. The van der Waals surface area contributed by atoms with Crippen molar-refractivity contribution in [3.8, 4) is 0 Å². The predicted molar refractivity (Wildman–Crippen MR) is 193 cm³/mol. The van der Waals surface area contributed by atoms with Gasteiger partial charge in [0.15, 0.2) is 0 Å². The summed E-state index contributed by atoms with van der Waals surface area (Å²) in [6.07, 6.45) is 21.2. The van der Waals surface area contributed by atoms with E-state index in [1.807, 2.05) is 0 Å². The Morgan fingerprint density at radius 1 is 0.958 bits per heavy atom. The fourth-order valence-electron chi connectivity index (χ4n) is 10.1. The molecule has 4 unspecified atom stereocenters. The van der Waals surface area contributed by atoms with E-state index in [0.717, 1.165) is 42.9 Å². The van der Waals surface area contributed by atoms with E-state index >= 15 is 0 Å². The Morgan fingerprint density at radius 3 is 2.35 bits per heavy atom. The number of carbonyl (C=O) groups excluding carboxylic acids is 2. The van der Waals surface area contributed by atoms with Crippen molar-refractivity contribution in [1.29, 1.82) is 0 Å². The molecule has 1 N–H and O–H groups in total. The molecule has 0 aliphatic heterocycles. The minimum atomic E-state index is -0.576. The highest BCUT2D eigenvalue weighted by atomic mass is 16.5. The van der Waals surface area contributed by atoms with Gasteiger partial charge in [-0.1, -0.05) is 78.5 Å². The second kappa shape index (κ2) is 17.2. The SMILES string of the molecule is C=CC(=O)OCCC(CCOC(=O)C(=C)CO)CCO[C@H]1CC[C@@]2(C)C(=CCC3C2CC[C@@]2(C)C3CC[C@@H]2[C@H](C)/C=C/[C@H](C)C(C)C)C1. The van der Waals surface area contributed by atoms with Gasteiger partial charge in [0.25, 0.3) is 0 Å². The van der Waals surface area contributed by atoms with E-state index in [-0.39, 0.29) is 30.8 Å². The monoisotopic (exact) mass is 666 g/mol. The Kier molecular flexibility index (Phi) is 13.8. The summed E-state index contributed by atoms with van der Waals surface area (Å²) in [5.41, 5.74) is 2.44. The molecule has 0 saturated heterocycles. The molecule has 0 aromatic heterocycles. The number of ether oxygens (including phenoxy) is 3. The molecule has 48 heavy (non-hydrogen) atoms. The summed E-state index contributed by atoms with van der Waals surface area (Å²) in [5, 5.41) is 9.13. The van der Waals surface area contributed by atoms with Crippen molar-refractivity contribution in [2.75, 3.05) is 26.4 Å². The van der Waals surface area contributed by atoms with Crippen molar-refractivity contribution in [3.63, 3.8) is 0 Å². The number of aliphatic hydroxyl groups excluding tert-OH is 1. The van der Waals surface area contributed by atoms with E-state index in [0.29, 0.717) is 48.0 Å². The molecular formula is C42H66O6. The van der Waals surface area contributed by atoms with Gasteiger partial charge >= 0.3 is 11.9 Å². The van der Waals surface area contributed by atoms with Gasteiger partial charge in [-0.05, 0) is 129 Å². The fourth-order valence-corrected chi connectivity index (χ4v) is 10.1. The molecular weight excluding hydrogens is 600 g/mol. The maximum absolute atomic E-state index is 11.9. The maximum atomic E-state index is 11.9. The zero-order chi connectivity index (χ0) is 35.1. The summed E-state index contributed by atoms with van der Waals surface area (Å²) in [6, 6.07) is 0. The second-order valence-electron chi connectivity index (χ2n) is 16.6. The van der Waals surface area contributed by atoms with Crippen LogP contribution in [0, 0.1) is 58.2 Å². The number of allylic oxidation sites excluding steroid dienone is 3. The van der Waals surface area contributed by atoms with Gasteiger partial charge in [-0.25, -0.2) is 9.59 Å². The van der Waals surface area contributed by atoms with Crippen LogP contribution >= 0.6 is 0 Å². The first-order valence-electron chi connectivity index (χ1n) is 19.1. The van der Waals surface area contributed by atoms with Crippen LogP contribution in [0.1, 0.15) is 112 Å². The number of fused-ring (bicyclic) bond motifs is 5. The summed E-state index contributed by atoms with van der Waals surface area (Å²) < 4.78 is 17.0. The lowest BCUT2D eigenvalue weighted by atomic mass is 9.47. The minimum Gasteiger partial charge on any atom is -0.463 e. The lowest BCUT2D eigenvalue weighted by Gasteiger charge is -2.58. The molecule has 0 amide bonds. The zero-order valence-electron chi connectivity index (χ0n) is 31.0. The van der Waals surface area contributed by atoms with E-state index in [4.69, 9.17) is 19.3 Å². The molecule has 0 heterocycles. The van der Waals surface area contributed by atoms with E-state index in [2.05, 4.69) is 72.9 Å². The van der Waals surface area contributed by atoms with Crippen LogP contribution in [0.4, 0.5) is 0 Å². The number of hydrogen-bond acceptors (Lipinski definition) is 6. The summed E-state index contributed by atoms with van der Waals surface area (Å²) in [6.45, 7) is 22.4. The van der Waals surface area contributed by atoms with Gasteiger partial charge < -0.3 is 19.3 Å². The van der Waals surface area contributed by atoms with Gasteiger partial charge in [0.2, 0.25) is 0 Å². The van der Waals surface area contributed by atoms with E-state index in [1.54, 1.807) is 5.57 Å². The number of carbonyl (C=O) groups is 2. The molecule has 0 spiro atoms. The average Bonchev–Trinajstić information content (AvgIpc) is 3.43. The third-order valence-electron chi connectivity index (χ3n) is 13.6. The Bertz CT molecular complexity index is 1180. The second-order valence-corrected chi connectivity index (χ2v) is 16.6. The molecule has 6 heteroatoms. The number of rotatable bonds is 17. The molecule has 10 atom stereocenters. The Balaban J connectivity index is 1.31. The maximum Gasteiger partial charge on any atom is 0.335 e. The van der Waals surface area contributed by atoms with Gasteiger partial charge in [0.1, 0.15) is 0 Å². The molecule has 3 fully saturated rings. The summed E-state index contributed by atoms with van der Waals surface area (Å²) >= 11 is 0. The smallest absolute Gasteiger partial charge is 0.335 e. The molecule has 0 aromatic carbocycles. The summed E-state index contributed by atoms with van der Waals surface area (Å²) in [5.74, 6) is 4.38. The molecule has 6 nitrogen and oxygen atoms in total. The summed E-state index contributed by atoms with van der Waals surface area (Å²) in [7, 11) is 0. The van der Waals surface area contributed by atoms with Crippen LogP contribution in [-0.2, 0) is 23.8 Å². The third kappa shape index (κ3) is 8.94. The number of esters is 2. The molecule has 0 radical (unpaired) electrons. The zero-order valence-corrected chi connectivity index (χ0v) is 31.0. The van der Waals surface area contributed by atoms with Crippen LogP contribution in [-0.4, -0.2) is 49.6 Å². The van der Waals surface area contributed by atoms with Crippen LogP contribution in [0.25, 0.3) is 0 Å². The van der Waals surface area contributed by atoms with Gasteiger partial charge in [-0.3, -0.25) is 0 Å². The molecule has 4 rings (SSSR count). The largest absolute Gasteiger partial charge is 0.463 e. The molecule has 0 bridgehead atoms.